The number of nitrogens with zero attached hydrogens (tertiary/aromatic N) is 4. The Morgan fingerprint density at radius 2 is 2.08 bits per heavy atom. The second-order valence-electron chi connectivity index (χ2n) is 11.8. The first-order valence-corrected chi connectivity index (χ1v) is 13.8. The molecule has 2 atom stereocenters. The van der Waals surface area contributed by atoms with Crippen LogP contribution in [-0.2, 0) is 9.53 Å². The van der Waals surface area contributed by atoms with Crippen LogP contribution in [0, 0.1) is 5.92 Å². The quantitative estimate of drug-likeness (QED) is 0.464. The first kappa shape index (κ1) is 25.1. The van der Waals surface area contributed by atoms with Crippen molar-refractivity contribution >= 4 is 22.8 Å². The van der Waals surface area contributed by atoms with Crippen LogP contribution in [0.5, 0.6) is 5.75 Å². The van der Waals surface area contributed by atoms with Gasteiger partial charge in [-0.15, -0.1) is 0 Å². The van der Waals surface area contributed by atoms with Gasteiger partial charge in [-0.05, 0) is 82.5 Å². The Labute approximate surface area is 223 Å². The molecule has 1 aliphatic carbocycles. The second kappa shape index (κ2) is 9.85. The van der Waals surface area contributed by atoms with Crippen LogP contribution < -0.4 is 16.2 Å². The molecule has 38 heavy (non-hydrogen) atoms. The molecule has 4 heterocycles. The Hall–Kier alpha value is -3.17. The number of benzene rings is 1. The van der Waals surface area contributed by atoms with E-state index in [1.165, 1.54) is 0 Å². The van der Waals surface area contributed by atoms with Gasteiger partial charge in [-0.3, -0.25) is 9.69 Å². The number of aromatic nitrogens is 3. The Balaban J connectivity index is 1.19. The fraction of sp³-hybridized carbons (Fsp3) is 0.552. The predicted octanol–water partition coefficient (Wildman–Crippen LogP) is 3.92. The molecule has 1 saturated carbocycles. The zero-order chi connectivity index (χ0) is 26.4. The third-order valence-corrected chi connectivity index (χ3v) is 8.56. The van der Waals surface area contributed by atoms with Gasteiger partial charge in [0.2, 0.25) is 5.91 Å². The van der Waals surface area contributed by atoms with Gasteiger partial charge in [0.1, 0.15) is 30.1 Å². The smallest absolute Gasteiger partial charge is 0.234 e. The summed E-state index contributed by atoms with van der Waals surface area (Å²) < 4.78 is 14.5. The normalized spacial score (nSPS) is 27.0. The van der Waals surface area contributed by atoms with Gasteiger partial charge >= 0.3 is 0 Å². The molecule has 0 radical (unpaired) electrons. The molecule has 2 aromatic heterocycles. The zero-order valence-corrected chi connectivity index (χ0v) is 22.3. The molecule has 3 aliphatic rings. The molecular weight excluding hydrogens is 480 g/mol. The van der Waals surface area contributed by atoms with Crippen molar-refractivity contribution < 1.29 is 14.3 Å². The van der Waals surface area contributed by atoms with Gasteiger partial charge in [0.25, 0.3) is 0 Å². The fourth-order valence-electron chi connectivity index (χ4n) is 6.52. The van der Waals surface area contributed by atoms with Crippen molar-refractivity contribution in [3.8, 4) is 16.9 Å². The molecule has 3 fully saturated rings. The average Bonchev–Trinajstić information content (AvgIpc) is 3.57. The minimum Gasteiger partial charge on any atom is -0.491 e. The summed E-state index contributed by atoms with van der Waals surface area (Å²) in [6.07, 6.45) is 9.88. The SMILES string of the molecule is CC1(C)CC[C@H](COc2cccc(-c3cn([C@H]4C[C@@H](CN5CCCC5C(N)=O)C4)c4ncnc(N)c34)c2)O1. The number of primary amides is 1. The van der Waals surface area contributed by atoms with Crippen molar-refractivity contribution in [2.75, 3.05) is 25.4 Å². The van der Waals surface area contributed by atoms with Gasteiger partial charge in [0, 0.05) is 24.3 Å². The van der Waals surface area contributed by atoms with E-state index in [2.05, 4.69) is 51.6 Å². The summed E-state index contributed by atoms with van der Waals surface area (Å²) in [4.78, 5) is 23.0. The molecule has 9 heteroatoms. The number of anilines is 1. The van der Waals surface area contributed by atoms with Crippen LogP contribution in [0.1, 0.15) is 58.4 Å². The average molecular weight is 519 g/mol. The van der Waals surface area contributed by atoms with Gasteiger partial charge < -0.3 is 25.5 Å². The molecule has 2 aliphatic heterocycles. The molecule has 1 aromatic carbocycles. The standard InChI is InChI=1S/C29H38N6O3/c1-29(2)9-8-22(38-29)16-37-21-6-3-5-19(13-21)23-15-35(28-25(23)26(30)32-17-33-28)20-11-18(12-20)14-34-10-4-7-24(34)27(31)36/h3,5-6,13,15,17-18,20,22,24H,4,7-12,14,16H2,1-2H3,(H2,31,36)(H2,30,32,33)/t18-,20+,22-,24?/m1/s1. The first-order chi connectivity index (χ1) is 18.3. The number of fused-ring (bicyclic) bond motifs is 1. The summed E-state index contributed by atoms with van der Waals surface area (Å²) in [7, 11) is 0. The zero-order valence-electron chi connectivity index (χ0n) is 22.3. The van der Waals surface area contributed by atoms with E-state index in [-0.39, 0.29) is 23.7 Å². The third-order valence-electron chi connectivity index (χ3n) is 8.56. The monoisotopic (exact) mass is 518 g/mol. The summed E-state index contributed by atoms with van der Waals surface area (Å²) in [5.74, 6) is 1.64. The molecular formula is C29H38N6O3. The molecule has 2 saturated heterocycles. The van der Waals surface area contributed by atoms with E-state index >= 15 is 0 Å². The molecule has 4 N–H and O–H groups in total. The first-order valence-electron chi connectivity index (χ1n) is 13.8. The Morgan fingerprint density at radius 3 is 2.84 bits per heavy atom. The summed E-state index contributed by atoms with van der Waals surface area (Å²) in [5.41, 5.74) is 14.8. The molecule has 1 amide bonds. The van der Waals surface area contributed by atoms with Crippen LogP contribution in [0.15, 0.2) is 36.8 Å². The number of hydrogen-bond acceptors (Lipinski definition) is 7. The van der Waals surface area contributed by atoms with Gasteiger partial charge in [-0.25, -0.2) is 9.97 Å². The molecule has 0 bridgehead atoms. The highest BCUT2D eigenvalue weighted by Crippen LogP contribution is 2.44. The maximum atomic E-state index is 11.8. The number of ether oxygens (including phenoxy) is 2. The van der Waals surface area contributed by atoms with Crippen molar-refractivity contribution in [2.24, 2.45) is 11.7 Å². The van der Waals surface area contributed by atoms with Crippen molar-refractivity contribution in [1.82, 2.24) is 19.4 Å². The summed E-state index contributed by atoms with van der Waals surface area (Å²) in [6.45, 7) is 6.68. The van der Waals surface area contributed by atoms with Gasteiger partial charge in [0.05, 0.1) is 23.1 Å². The van der Waals surface area contributed by atoms with E-state index in [0.717, 1.165) is 79.5 Å². The highest BCUT2D eigenvalue weighted by atomic mass is 16.6. The van der Waals surface area contributed by atoms with E-state index in [4.69, 9.17) is 20.9 Å². The van der Waals surface area contributed by atoms with E-state index in [9.17, 15) is 4.79 Å². The Bertz CT molecular complexity index is 1330. The Kier molecular flexibility index (Phi) is 6.52. The number of nitrogens with two attached hydrogens (primary N) is 2. The number of carbonyl (C=O) groups excluding carboxylic acids is 1. The maximum absolute atomic E-state index is 11.8. The molecule has 202 valence electrons. The second-order valence-corrected chi connectivity index (χ2v) is 11.8. The maximum Gasteiger partial charge on any atom is 0.234 e. The molecule has 9 nitrogen and oxygen atoms in total. The molecule has 6 rings (SSSR count). The van der Waals surface area contributed by atoms with Crippen molar-refractivity contribution in [3.63, 3.8) is 0 Å². The predicted molar refractivity (Wildman–Crippen MR) is 147 cm³/mol. The van der Waals surface area contributed by atoms with Gasteiger partial charge in [-0.1, -0.05) is 12.1 Å². The van der Waals surface area contributed by atoms with Crippen LogP contribution in [0.25, 0.3) is 22.2 Å². The number of carbonyl (C=O) groups is 1. The van der Waals surface area contributed by atoms with Crippen molar-refractivity contribution in [3.05, 3.63) is 36.8 Å². The summed E-state index contributed by atoms with van der Waals surface area (Å²) in [6, 6.07) is 8.36. The Morgan fingerprint density at radius 1 is 1.24 bits per heavy atom. The molecule has 1 unspecified atom stereocenters. The van der Waals surface area contributed by atoms with E-state index in [0.29, 0.717) is 24.4 Å². The fourth-order valence-corrected chi connectivity index (χ4v) is 6.52. The van der Waals surface area contributed by atoms with E-state index in [1.807, 2.05) is 12.1 Å². The molecule has 3 aromatic rings. The lowest BCUT2D eigenvalue weighted by molar-refractivity contribution is -0.122. The molecule has 0 spiro atoms. The largest absolute Gasteiger partial charge is 0.491 e. The van der Waals surface area contributed by atoms with Crippen LogP contribution in [-0.4, -0.2) is 62.8 Å². The summed E-state index contributed by atoms with van der Waals surface area (Å²) >= 11 is 0. The number of hydrogen-bond donors (Lipinski definition) is 2. The minimum absolute atomic E-state index is 0.0756. The van der Waals surface area contributed by atoms with Gasteiger partial charge in [-0.2, -0.15) is 0 Å². The van der Waals surface area contributed by atoms with Crippen molar-refractivity contribution in [1.29, 1.82) is 0 Å². The third kappa shape index (κ3) is 4.85. The van der Waals surface area contributed by atoms with Crippen molar-refractivity contribution in [2.45, 2.75) is 76.2 Å². The van der Waals surface area contributed by atoms with Crippen LogP contribution >= 0.6 is 0 Å². The van der Waals surface area contributed by atoms with E-state index < -0.39 is 0 Å². The minimum atomic E-state index is -0.197. The number of rotatable bonds is 8. The van der Waals surface area contributed by atoms with E-state index in [1.54, 1.807) is 6.33 Å². The lowest BCUT2D eigenvalue weighted by atomic mass is 9.79. The van der Waals surface area contributed by atoms with Crippen LogP contribution in [0.2, 0.25) is 0 Å². The topological polar surface area (TPSA) is 122 Å². The van der Waals surface area contributed by atoms with Crippen LogP contribution in [0.3, 0.4) is 0 Å². The number of nitrogen functional groups attached to an aromatic ring is 1. The van der Waals surface area contributed by atoms with Gasteiger partial charge in [0.15, 0.2) is 0 Å². The number of likely N-dealkylation sites (tertiary alicyclic amines) is 1. The number of amides is 1. The van der Waals surface area contributed by atoms with Crippen LogP contribution in [0.4, 0.5) is 5.82 Å². The lowest BCUT2D eigenvalue weighted by Gasteiger charge is -2.39. The summed E-state index contributed by atoms with van der Waals surface area (Å²) in [5, 5.41) is 0.877. The highest BCUT2D eigenvalue weighted by Gasteiger charge is 2.37. The lowest BCUT2D eigenvalue weighted by Crippen LogP contribution is -2.44. The highest BCUT2D eigenvalue weighted by molar-refractivity contribution is 6.00.